The fraction of sp³-hybridized carbons (Fsp3) is 0.425. The van der Waals surface area contributed by atoms with Crippen LogP contribution in [-0.2, 0) is 35.8 Å². The van der Waals surface area contributed by atoms with Gasteiger partial charge in [-0.3, -0.25) is 19.2 Å². The van der Waals surface area contributed by atoms with Gasteiger partial charge >= 0.3 is 12.1 Å². The van der Waals surface area contributed by atoms with Crippen LogP contribution in [0.1, 0.15) is 88.1 Å². The summed E-state index contributed by atoms with van der Waals surface area (Å²) in [4.78, 5) is 64.3. The SMILES string of the molecule is Cc1cccc(C(C)(C)C)c1C[C@H](NC(=O)[C@H](CCC(=O)O)NC(=O)OCC1c2ccccc2-c2ccccc21)C(=O)N[C@H]([C]=O)C(C)(C)C. The minimum Gasteiger partial charge on any atom is -0.481 e. The Morgan fingerprint density at radius 2 is 1.38 bits per heavy atom. The van der Waals surface area contributed by atoms with E-state index in [0.29, 0.717) is 0 Å². The number of fused-ring (bicyclic) bond motifs is 3. The van der Waals surface area contributed by atoms with E-state index in [-0.39, 0.29) is 30.8 Å². The van der Waals surface area contributed by atoms with Gasteiger partial charge in [-0.1, -0.05) is 108 Å². The number of carbonyl (C=O) groups is 4. The van der Waals surface area contributed by atoms with Crippen molar-refractivity contribution in [3.05, 3.63) is 94.5 Å². The number of hydrogen-bond donors (Lipinski definition) is 4. The van der Waals surface area contributed by atoms with E-state index >= 15 is 0 Å². The molecule has 0 spiro atoms. The van der Waals surface area contributed by atoms with Crippen molar-refractivity contribution in [2.24, 2.45) is 5.41 Å². The van der Waals surface area contributed by atoms with Gasteiger partial charge in [0.05, 0.1) is 0 Å². The average molecular weight is 683 g/mol. The summed E-state index contributed by atoms with van der Waals surface area (Å²) in [5.41, 5.74) is 5.97. The number of aliphatic carboxylic acids is 1. The van der Waals surface area contributed by atoms with Crippen molar-refractivity contribution < 1.29 is 33.8 Å². The number of benzene rings is 3. The van der Waals surface area contributed by atoms with Gasteiger partial charge in [0, 0.05) is 18.8 Å². The Morgan fingerprint density at radius 1 is 0.800 bits per heavy atom. The van der Waals surface area contributed by atoms with E-state index in [4.69, 9.17) is 4.74 Å². The summed E-state index contributed by atoms with van der Waals surface area (Å²) in [5.74, 6) is -2.74. The van der Waals surface area contributed by atoms with Crippen molar-refractivity contribution in [2.45, 2.75) is 97.2 Å². The molecule has 3 atom stereocenters. The molecule has 3 aromatic carbocycles. The average Bonchev–Trinajstić information content (AvgIpc) is 3.37. The summed E-state index contributed by atoms with van der Waals surface area (Å²) in [7, 11) is 0. The molecule has 0 saturated carbocycles. The fourth-order valence-corrected chi connectivity index (χ4v) is 6.35. The fourth-order valence-electron chi connectivity index (χ4n) is 6.35. The van der Waals surface area contributed by atoms with E-state index in [1.54, 1.807) is 20.8 Å². The maximum Gasteiger partial charge on any atom is 0.407 e. The molecule has 0 bridgehead atoms. The highest BCUT2D eigenvalue weighted by atomic mass is 16.5. The van der Waals surface area contributed by atoms with Crippen molar-refractivity contribution in [3.8, 4) is 11.1 Å². The van der Waals surface area contributed by atoms with Crippen LogP contribution in [0.15, 0.2) is 66.7 Å². The Balaban J connectivity index is 1.57. The minimum atomic E-state index is -1.33. The van der Waals surface area contributed by atoms with Crippen molar-refractivity contribution >= 4 is 30.2 Å². The Bertz CT molecular complexity index is 1690. The van der Waals surface area contributed by atoms with E-state index < -0.39 is 53.8 Å². The van der Waals surface area contributed by atoms with E-state index in [9.17, 15) is 29.1 Å². The number of ether oxygens (including phenoxy) is 1. The molecule has 0 heterocycles. The summed E-state index contributed by atoms with van der Waals surface area (Å²) in [5, 5.41) is 17.5. The summed E-state index contributed by atoms with van der Waals surface area (Å²) >= 11 is 0. The quantitative estimate of drug-likeness (QED) is 0.180. The first-order valence-electron chi connectivity index (χ1n) is 16.9. The summed E-state index contributed by atoms with van der Waals surface area (Å²) < 4.78 is 5.65. The zero-order valence-corrected chi connectivity index (χ0v) is 29.9. The first kappa shape index (κ1) is 37.8. The van der Waals surface area contributed by atoms with Crippen molar-refractivity contribution in [2.75, 3.05) is 6.61 Å². The Labute approximate surface area is 294 Å². The van der Waals surface area contributed by atoms with Gasteiger partial charge in [0.15, 0.2) is 0 Å². The molecule has 265 valence electrons. The Morgan fingerprint density at radius 3 is 1.92 bits per heavy atom. The van der Waals surface area contributed by atoms with Gasteiger partial charge in [-0.05, 0) is 63.1 Å². The van der Waals surface area contributed by atoms with Gasteiger partial charge in [0.25, 0.3) is 0 Å². The van der Waals surface area contributed by atoms with Gasteiger partial charge in [-0.25, -0.2) is 4.79 Å². The molecule has 1 aliphatic rings. The number of nitrogens with one attached hydrogen (secondary N) is 3. The first-order chi connectivity index (χ1) is 23.5. The predicted octanol–water partition coefficient (Wildman–Crippen LogP) is 5.73. The zero-order valence-electron chi connectivity index (χ0n) is 29.9. The molecule has 10 heteroatoms. The molecule has 4 N–H and O–H groups in total. The molecule has 50 heavy (non-hydrogen) atoms. The van der Waals surface area contributed by atoms with Crippen LogP contribution in [0, 0.1) is 12.3 Å². The Hall–Kier alpha value is -4.99. The first-order valence-corrected chi connectivity index (χ1v) is 16.9. The van der Waals surface area contributed by atoms with Crippen LogP contribution >= 0.6 is 0 Å². The number of alkyl carbamates (subject to hydrolysis) is 1. The summed E-state index contributed by atoms with van der Waals surface area (Å²) in [6.07, 6.45) is 0.418. The number of hydrogen-bond acceptors (Lipinski definition) is 6. The third-order valence-electron chi connectivity index (χ3n) is 9.13. The minimum absolute atomic E-state index is 0.00257. The molecule has 1 aliphatic carbocycles. The predicted molar refractivity (Wildman–Crippen MR) is 191 cm³/mol. The number of aryl methyl sites for hydroxylation is 1. The maximum atomic E-state index is 13.9. The topological polar surface area (TPSA) is 151 Å². The van der Waals surface area contributed by atoms with Crippen LogP contribution in [-0.4, -0.2) is 60.0 Å². The summed E-state index contributed by atoms with van der Waals surface area (Å²) in [6.45, 7) is 13.4. The summed E-state index contributed by atoms with van der Waals surface area (Å²) in [6, 6.07) is 18.1. The lowest BCUT2D eigenvalue weighted by atomic mass is 9.80. The molecule has 0 saturated heterocycles. The molecule has 0 fully saturated rings. The van der Waals surface area contributed by atoms with Gasteiger partial charge in [-0.15, -0.1) is 0 Å². The van der Waals surface area contributed by atoms with E-state index in [1.807, 2.05) is 79.9 Å². The lowest BCUT2D eigenvalue weighted by molar-refractivity contribution is -0.137. The smallest absolute Gasteiger partial charge is 0.407 e. The van der Waals surface area contributed by atoms with Gasteiger partial charge in [0.2, 0.25) is 18.1 Å². The highest BCUT2D eigenvalue weighted by Crippen LogP contribution is 2.44. The number of carboxylic acid groups (broad SMARTS) is 1. The monoisotopic (exact) mass is 682 g/mol. The Kier molecular flexibility index (Phi) is 11.9. The standard InChI is InChI=1S/C40H48N3O7/c1-24-13-12-18-31(39(2,3)4)29(24)21-33(37(48)43-34(22-44)40(5,6)7)41-36(47)32(19-20-35(45)46)42-38(49)50-23-30-27-16-10-8-14-25(27)26-15-9-11-17-28(26)30/h8-18,30,32-34H,19-21,23H2,1-7H3,(H,41,47)(H,42,49)(H,43,48)(H,45,46)/t32-,33-,34+/m0/s1. The van der Waals surface area contributed by atoms with Crippen LogP contribution in [0.2, 0.25) is 0 Å². The van der Waals surface area contributed by atoms with Gasteiger partial charge in [-0.2, -0.15) is 0 Å². The molecule has 4 rings (SSSR count). The van der Waals surface area contributed by atoms with E-state index in [0.717, 1.165) is 38.9 Å². The van der Waals surface area contributed by atoms with Crippen LogP contribution in [0.5, 0.6) is 0 Å². The number of rotatable bonds is 13. The zero-order chi connectivity index (χ0) is 36.8. The maximum absolute atomic E-state index is 13.9. The van der Waals surface area contributed by atoms with E-state index in [1.165, 1.54) is 0 Å². The molecule has 0 unspecified atom stereocenters. The van der Waals surface area contributed by atoms with Crippen molar-refractivity contribution in [3.63, 3.8) is 0 Å². The van der Waals surface area contributed by atoms with Gasteiger partial charge < -0.3 is 25.8 Å². The molecule has 1 radical (unpaired) electrons. The van der Waals surface area contributed by atoms with E-state index in [2.05, 4.69) is 36.7 Å². The third kappa shape index (κ3) is 9.16. The molecule has 3 amide bonds. The normalized spacial score (nSPS) is 14.4. The molecular formula is C40H48N3O7. The molecule has 10 nitrogen and oxygen atoms in total. The number of amides is 3. The molecule has 3 aromatic rings. The van der Waals surface area contributed by atoms with Crippen LogP contribution in [0.4, 0.5) is 4.79 Å². The molecule has 0 aromatic heterocycles. The van der Waals surface area contributed by atoms with Crippen LogP contribution < -0.4 is 16.0 Å². The van der Waals surface area contributed by atoms with Crippen molar-refractivity contribution in [1.29, 1.82) is 0 Å². The van der Waals surface area contributed by atoms with Crippen LogP contribution in [0.3, 0.4) is 0 Å². The second-order valence-electron chi connectivity index (χ2n) is 15.0. The van der Waals surface area contributed by atoms with Crippen molar-refractivity contribution in [1.82, 2.24) is 16.0 Å². The highest BCUT2D eigenvalue weighted by Gasteiger charge is 2.34. The largest absolute Gasteiger partial charge is 0.481 e. The van der Waals surface area contributed by atoms with Crippen LogP contribution in [0.25, 0.3) is 11.1 Å². The number of carboxylic acids is 1. The third-order valence-corrected chi connectivity index (χ3v) is 9.13. The molecule has 0 aliphatic heterocycles. The number of carbonyl (C=O) groups excluding carboxylic acids is 4. The molecular weight excluding hydrogens is 634 g/mol. The second-order valence-corrected chi connectivity index (χ2v) is 15.0. The lowest BCUT2D eigenvalue weighted by Gasteiger charge is -2.30. The van der Waals surface area contributed by atoms with Gasteiger partial charge in [0.1, 0.15) is 24.7 Å². The lowest BCUT2D eigenvalue weighted by Crippen LogP contribution is -2.57. The second kappa shape index (κ2) is 15.7. The highest BCUT2D eigenvalue weighted by molar-refractivity contribution is 5.92.